The van der Waals surface area contributed by atoms with E-state index in [0.29, 0.717) is 24.2 Å². The minimum absolute atomic E-state index is 0.161. The molecule has 0 bridgehead atoms. The molecule has 1 fully saturated rings. The number of carbonyl (C=O) groups excluding carboxylic acids is 1. The van der Waals surface area contributed by atoms with Gasteiger partial charge in [0.25, 0.3) is 0 Å². The number of ether oxygens (including phenoxy) is 2. The van der Waals surface area contributed by atoms with Crippen molar-refractivity contribution in [1.82, 2.24) is 9.55 Å². The predicted molar refractivity (Wildman–Crippen MR) is 100 cm³/mol. The quantitative estimate of drug-likeness (QED) is 0.881. The lowest BCUT2D eigenvalue weighted by Gasteiger charge is -2.29. The molecule has 1 aliphatic heterocycles. The number of morpholine rings is 1. The second kappa shape index (κ2) is 7.19. The SMILES string of the molecule is Cc1cc(N2CCOCC2)cc2c1nc(CC(=O)O)n2C(=O)OC(C)(C)C. The van der Waals surface area contributed by atoms with Gasteiger partial charge in [-0.2, -0.15) is 0 Å². The zero-order valence-corrected chi connectivity index (χ0v) is 16.1. The third kappa shape index (κ3) is 4.21. The largest absolute Gasteiger partial charge is 0.481 e. The van der Waals surface area contributed by atoms with Gasteiger partial charge in [0.1, 0.15) is 17.8 Å². The number of carboxylic acids is 1. The minimum atomic E-state index is -1.05. The van der Waals surface area contributed by atoms with Crippen LogP contribution in [0.15, 0.2) is 12.1 Å². The maximum absolute atomic E-state index is 12.8. The fraction of sp³-hybridized carbons (Fsp3) is 0.526. The average molecular weight is 375 g/mol. The maximum atomic E-state index is 12.8. The lowest BCUT2D eigenvalue weighted by Crippen LogP contribution is -2.36. The van der Waals surface area contributed by atoms with Gasteiger partial charge >= 0.3 is 12.1 Å². The summed E-state index contributed by atoms with van der Waals surface area (Å²) in [7, 11) is 0. The zero-order valence-electron chi connectivity index (χ0n) is 16.1. The minimum Gasteiger partial charge on any atom is -0.481 e. The second-order valence-corrected chi connectivity index (χ2v) is 7.64. The molecule has 1 saturated heterocycles. The van der Waals surface area contributed by atoms with E-state index in [1.54, 1.807) is 20.8 Å². The number of carboxylic acid groups (broad SMARTS) is 1. The first kappa shape index (κ1) is 19.2. The van der Waals surface area contributed by atoms with Crippen molar-refractivity contribution in [1.29, 1.82) is 0 Å². The number of carbonyl (C=O) groups is 2. The molecule has 1 N–H and O–H groups in total. The van der Waals surface area contributed by atoms with E-state index in [0.717, 1.165) is 24.3 Å². The molecule has 2 aromatic rings. The molecule has 8 nitrogen and oxygen atoms in total. The molecule has 0 spiro atoms. The molecule has 1 aliphatic rings. The summed E-state index contributed by atoms with van der Waals surface area (Å²) < 4.78 is 12.2. The topological polar surface area (TPSA) is 93.9 Å². The van der Waals surface area contributed by atoms with Crippen molar-refractivity contribution in [3.8, 4) is 0 Å². The Hall–Kier alpha value is -2.61. The van der Waals surface area contributed by atoms with Crippen LogP contribution in [0.2, 0.25) is 0 Å². The van der Waals surface area contributed by atoms with Crippen LogP contribution in [0.5, 0.6) is 0 Å². The Kier molecular flexibility index (Phi) is 5.10. The number of fused-ring (bicyclic) bond motifs is 1. The van der Waals surface area contributed by atoms with E-state index in [4.69, 9.17) is 9.47 Å². The van der Waals surface area contributed by atoms with Gasteiger partial charge in [-0.15, -0.1) is 0 Å². The molecule has 8 heteroatoms. The van der Waals surface area contributed by atoms with Crippen molar-refractivity contribution >= 4 is 28.8 Å². The number of benzene rings is 1. The highest BCUT2D eigenvalue weighted by molar-refractivity contribution is 5.92. The summed E-state index contributed by atoms with van der Waals surface area (Å²) in [6.07, 6.45) is -0.986. The van der Waals surface area contributed by atoms with Crippen LogP contribution in [-0.4, -0.2) is 58.6 Å². The molecule has 0 atom stereocenters. The molecular formula is C19H25N3O5. The van der Waals surface area contributed by atoms with E-state index in [9.17, 15) is 14.7 Å². The number of hydrogen-bond acceptors (Lipinski definition) is 6. The van der Waals surface area contributed by atoms with Crippen LogP contribution >= 0.6 is 0 Å². The van der Waals surface area contributed by atoms with Crippen molar-refractivity contribution in [3.63, 3.8) is 0 Å². The summed E-state index contributed by atoms with van der Waals surface area (Å²) in [5.74, 6) is -0.893. The standard InChI is InChI=1S/C19H25N3O5/c1-12-9-13(21-5-7-26-8-6-21)10-14-17(12)20-15(11-16(23)24)22(14)18(25)27-19(2,3)4/h9-10H,5-8,11H2,1-4H3,(H,23,24). The first-order valence-electron chi connectivity index (χ1n) is 8.95. The number of imidazole rings is 1. The van der Waals surface area contributed by atoms with Crippen LogP contribution in [0.4, 0.5) is 10.5 Å². The number of nitrogens with zero attached hydrogens (tertiary/aromatic N) is 3. The van der Waals surface area contributed by atoms with E-state index in [1.165, 1.54) is 4.57 Å². The smallest absolute Gasteiger partial charge is 0.420 e. The van der Waals surface area contributed by atoms with Crippen LogP contribution in [-0.2, 0) is 20.7 Å². The average Bonchev–Trinajstić information content (AvgIpc) is 2.92. The van der Waals surface area contributed by atoms with Crippen LogP contribution in [0.1, 0.15) is 32.2 Å². The number of hydrogen-bond donors (Lipinski definition) is 1. The molecule has 3 rings (SSSR count). The predicted octanol–water partition coefficient (Wildman–Crippen LogP) is 2.59. The Balaban J connectivity index is 2.14. The summed E-state index contributed by atoms with van der Waals surface area (Å²) >= 11 is 0. The first-order valence-corrected chi connectivity index (χ1v) is 8.95. The van der Waals surface area contributed by atoms with Crippen LogP contribution in [0.3, 0.4) is 0 Å². The van der Waals surface area contributed by atoms with Crippen molar-refractivity contribution < 1.29 is 24.2 Å². The molecule has 0 radical (unpaired) electrons. The van der Waals surface area contributed by atoms with Crippen molar-refractivity contribution in [2.24, 2.45) is 0 Å². The number of anilines is 1. The third-order valence-corrected chi connectivity index (χ3v) is 4.27. The van der Waals surface area contributed by atoms with Gasteiger partial charge in [-0.1, -0.05) is 0 Å². The van der Waals surface area contributed by atoms with Gasteiger partial charge in [-0.3, -0.25) is 4.79 Å². The Labute approximate surface area is 157 Å². The highest BCUT2D eigenvalue weighted by atomic mass is 16.6. The summed E-state index contributed by atoms with van der Waals surface area (Å²) in [5.41, 5.74) is 2.29. The molecule has 0 aliphatic carbocycles. The van der Waals surface area contributed by atoms with E-state index < -0.39 is 17.7 Å². The third-order valence-electron chi connectivity index (χ3n) is 4.27. The van der Waals surface area contributed by atoms with Crippen molar-refractivity contribution in [2.75, 3.05) is 31.2 Å². The summed E-state index contributed by atoms with van der Waals surface area (Å²) in [6.45, 7) is 10.0. The summed E-state index contributed by atoms with van der Waals surface area (Å²) in [6, 6.07) is 3.88. The molecular weight excluding hydrogens is 350 g/mol. The zero-order chi connectivity index (χ0) is 19.8. The van der Waals surface area contributed by atoms with E-state index in [2.05, 4.69) is 9.88 Å². The van der Waals surface area contributed by atoms with Gasteiger partial charge in [0.2, 0.25) is 0 Å². The first-order chi connectivity index (χ1) is 12.7. The second-order valence-electron chi connectivity index (χ2n) is 7.64. The van der Waals surface area contributed by atoms with E-state index >= 15 is 0 Å². The number of aryl methyl sites for hydroxylation is 1. The molecule has 146 valence electrons. The van der Waals surface area contributed by atoms with Crippen molar-refractivity contribution in [2.45, 2.75) is 39.7 Å². The lowest BCUT2D eigenvalue weighted by atomic mass is 10.1. The molecule has 1 aromatic carbocycles. The number of aliphatic carboxylic acids is 1. The Bertz CT molecular complexity index is 876. The van der Waals surface area contributed by atoms with Crippen LogP contribution in [0.25, 0.3) is 11.0 Å². The maximum Gasteiger partial charge on any atom is 0.420 e. The Morgan fingerprint density at radius 2 is 1.93 bits per heavy atom. The number of rotatable bonds is 3. The van der Waals surface area contributed by atoms with E-state index in [1.807, 2.05) is 19.1 Å². The molecule has 1 aromatic heterocycles. The van der Waals surface area contributed by atoms with Gasteiger partial charge in [0.05, 0.1) is 24.2 Å². The summed E-state index contributed by atoms with van der Waals surface area (Å²) in [5, 5.41) is 9.23. The highest BCUT2D eigenvalue weighted by Crippen LogP contribution is 2.28. The fourth-order valence-corrected chi connectivity index (χ4v) is 3.15. The molecule has 0 saturated carbocycles. The van der Waals surface area contributed by atoms with Crippen LogP contribution < -0.4 is 4.90 Å². The Morgan fingerprint density at radius 3 is 2.52 bits per heavy atom. The van der Waals surface area contributed by atoms with Gasteiger partial charge in [0.15, 0.2) is 0 Å². The molecule has 27 heavy (non-hydrogen) atoms. The van der Waals surface area contributed by atoms with Crippen molar-refractivity contribution in [3.05, 3.63) is 23.5 Å². The van der Waals surface area contributed by atoms with Crippen LogP contribution in [0, 0.1) is 6.92 Å². The molecule has 2 heterocycles. The molecule has 0 amide bonds. The lowest BCUT2D eigenvalue weighted by molar-refractivity contribution is -0.136. The van der Waals surface area contributed by atoms with Gasteiger partial charge < -0.3 is 19.5 Å². The Morgan fingerprint density at radius 1 is 1.26 bits per heavy atom. The van der Waals surface area contributed by atoms with Gasteiger partial charge in [-0.25, -0.2) is 14.3 Å². The monoisotopic (exact) mass is 375 g/mol. The molecule has 0 unspecified atom stereocenters. The summed E-state index contributed by atoms with van der Waals surface area (Å²) in [4.78, 5) is 30.7. The van der Waals surface area contributed by atoms with E-state index in [-0.39, 0.29) is 12.2 Å². The van der Waals surface area contributed by atoms with Gasteiger partial charge in [-0.05, 0) is 45.4 Å². The highest BCUT2D eigenvalue weighted by Gasteiger charge is 2.26. The fourth-order valence-electron chi connectivity index (χ4n) is 3.15. The normalized spacial score (nSPS) is 15.2. The van der Waals surface area contributed by atoms with Gasteiger partial charge in [0, 0.05) is 18.8 Å². The number of aromatic nitrogens is 2.